The van der Waals surface area contributed by atoms with E-state index in [1.54, 1.807) is 10.9 Å². The Morgan fingerprint density at radius 1 is 1.11 bits per heavy atom. The van der Waals surface area contributed by atoms with Gasteiger partial charge in [-0.2, -0.15) is 5.10 Å². The van der Waals surface area contributed by atoms with Crippen molar-refractivity contribution in [1.29, 1.82) is 0 Å². The molecule has 3 aromatic rings. The normalized spacial score (nSPS) is 10.5. The van der Waals surface area contributed by atoms with Crippen LogP contribution < -0.4 is 15.4 Å². The highest BCUT2D eigenvalue weighted by atomic mass is 16.5. The lowest BCUT2D eigenvalue weighted by Gasteiger charge is -2.09. The number of carbonyl (C=O) groups excluding carboxylic acids is 1. The highest BCUT2D eigenvalue weighted by Crippen LogP contribution is 2.16. The zero-order chi connectivity index (χ0) is 19.6. The van der Waals surface area contributed by atoms with Crippen molar-refractivity contribution in [2.24, 2.45) is 0 Å². The summed E-state index contributed by atoms with van der Waals surface area (Å²) in [4.78, 5) is 16.3. The molecule has 2 N–H and O–H groups in total. The number of hydrogen-bond donors (Lipinski definition) is 2. The summed E-state index contributed by atoms with van der Waals surface area (Å²) in [5.74, 6) is 0.807. The fourth-order valence-corrected chi connectivity index (χ4v) is 2.57. The summed E-state index contributed by atoms with van der Waals surface area (Å²) in [6.07, 6.45) is 5.75. The van der Waals surface area contributed by atoms with Crippen molar-refractivity contribution in [3.8, 4) is 17.1 Å². The Morgan fingerprint density at radius 2 is 1.96 bits per heavy atom. The van der Waals surface area contributed by atoms with Crippen LogP contribution in [0.25, 0.3) is 11.4 Å². The molecule has 3 rings (SSSR count). The molecule has 0 aliphatic heterocycles. The topological polar surface area (TPSA) is 81.1 Å². The molecule has 146 valence electrons. The second-order valence-electron chi connectivity index (χ2n) is 6.29. The molecule has 0 radical (unpaired) electrons. The second-order valence-corrected chi connectivity index (χ2v) is 6.29. The van der Waals surface area contributed by atoms with Crippen LogP contribution >= 0.6 is 0 Å². The zero-order valence-electron chi connectivity index (χ0n) is 16.0. The van der Waals surface area contributed by atoms with Gasteiger partial charge in [-0.15, -0.1) is 0 Å². The zero-order valence-corrected chi connectivity index (χ0v) is 16.0. The van der Waals surface area contributed by atoms with E-state index in [0.29, 0.717) is 19.7 Å². The number of hydrogen-bond acceptors (Lipinski definition) is 4. The predicted molar refractivity (Wildman–Crippen MR) is 109 cm³/mol. The first-order valence-corrected chi connectivity index (χ1v) is 9.47. The minimum Gasteiger partial charge on any atom is -0.494 e. The van der Waals surface area contributed by atoms with Gasteiger partial charge in [0.1, 0.15) is 11.4 Å². The molecule has 0 aliphatic rings. The average molecular weight is 379 g/mol. The standard InChI is InChI=1S/C21H25N5O2/c1-2-3-16-28-18-9-7-17(8-10-18)24-21(27)23-13-15-26-14-11-20(25-26)19-6-4-5-12-22-19/h4-12,14H,2-3,13,15-16H2,1H3,(H2,23,24,27). The molecular formula is C21H25N5O2. The van der Waals surface area contributed by atoms with E-state index in [0.717, 1.165) is 35.7 Å². The molecule has 2 amide bonds. The van der Waals surface area contributed by atoms with E-state index in [2.05, 4.69) is 27.6 Å². The summed E-state index contributed by atoms with van der Waals surface area (Å²) < 4.78 is 7.40. The third-order valence-corrected chi connectivity index (χ3v) is 4.07. The maximum absolute atomic E-state index is 12.0. The Balaban J connectivity index is 1.40. The van der Waals surface area contributed by atoms with Crippen molar-refractivity contribution >= 4 is 11.7 Å². The van der Waals surface area contributed by atoms with Gasteiger partial charge in [0.2, 0.25) is 0 Å². The third kappa shape index (κ3) is 5.84. The van der Waals surface area contributed by atoms with Crippen LogP contribution in [-0.4, -0.2) is 33.9 Å². The number of unbranched alkanes of at least 4 members (excludes halogenated alkanes) is 1. The number of urea groups is 1. The summed E-state index contributed by atoms with van der Waals surface area (Å²) in [6, 6.07) is 14.7. The number of carbonyl (C=O) groups is 1. The van der Waals surface area contributed by atoms with Crippen LogP contribution in [0.15, 0.2) is 60.9 Å². The number of anilines is 1. The largest absolute Gasteiger partial charge is 0.494 e. The van der Waals surface area contributed by atoms with Gasteiger partial charge in [0, 0.05) is 24.6 Å². The summed E-state index contributed by atoms with van der Waals surface area (Å²) in [5.41, 5.74) is 2.36. The maximum Gasteiger partial charge on any atom is 0.319 e. The number of rotatable bonds is 9. The highest BCUT2D eigenvalue weighted by Gasteiger charge is 2.05. The number of aromatic nitrogens is 3. The number of ether oxygens (including phenoxy) is 1. The Morgan fingerprint density at radius 3 is 2.71 bits per heavy atom. The predicted octanol–water partition coefficient (Wildman–Crippen LogP) is 3.95. The van der Waals surface area contributed by atoms with E-state index in [1.165, 1.54) is 0 Å². The Hall–Kier alpha value is -3.35. The first-order valence-electron chi connectivity index (χ1n) is 9.47. The summed E-state index contributed by atoms with van der Waals surface area (Å²) in [5, 5.41) is 10.1. The van der Waals surface area contributed by atoms with E-state index in [-0.39, 0.29) is 6.03 Å². The average Bonchev–Trinajstić information content (AvgIpc) is 3.19. The van der Waals surface area contributed by atoms with Crippen LogP contribution in [0.2, 0.25) is 0 Å². The van der Waals surface area contributed by atoms with Gasteiger partial charge in [-0.25, -0.2) is 4.79 Å². The van der Waals surface area contributed by atoms with Gasteiger partial charge in [-0.1, -0.05) is 19.4 Å². The van der Waals surface area contributed by atoms with Crippen molar-refractivity contribution < 1.29 is 9.53 Å². The van der Waals surface area contributed by atoms with Gasteiger partial charge < -0.3 is 15.4 Å². The molecule has 1 aromatic carbocycles. The van der Waals surface area contributed by atoms with Gasteiger partial charge in [-0.05, 0) is 48.9 Å². The van der Waals surface area contributed by atoms with E-state index in [4.69, 9.17) is 4.74 Å². The second kappa shape index (κ2) is 10.1. The van der Waals surface area contributed by atoms with Gasteiger partial charge in [0.25, 0.3) is 0 Å². The molecule has 0 saturated heterocycles. The number of amides is 2. The lowest BCUT2D eigenvalue weighted by atomic mass is 10.3. The molecule has 0 spiro atoms. The molecule has 0 unspecified atom stereocenters. The molecule has 0 aliphatic carbocycles. The molecule has 28 heavy (non-hydrogen) atoms. The van der Waals surface area contributed by atoms with Gasteiger partial charge in [-0.3, -0.25) is 9.67 Å². The van der Waals surface area contributed by atoms with Crippen LogP contribution in [0.5, 0.6) is 5.75 Å². The summed E-state index contributed by atoms with van der Waals surface area (Å²) in [6.45, 7) is 3.87. The first-order chi connectivity index (χ1) is 13.7. The Kier molecular flexibility index (Phi) is 7.01. The van der Waals surface area contributed by atoms with Gasteiger partial charge >= 0.3 is 6.03 Å². The van der Waals surface area contributed by atoms with E-state index < -0.39 is 0 Å². The quantitative estimate of drug-likeness (QED) is 0.552. The Labute approximate surface area is 164 Å². The Bertz CT molecular complexity index is 862. The molecule has 2 aromatic heterocycles. The van der Waals surface area contributed by atoms with Crippen LogP contribution in [-0.2, 0) is 6.54 Å². The number of nitrogens with one attached hydrogen (secondary N) is 2. The number of pyridine rings is 1. The monoisotopic (exact) mass is 379 g/mol. The summed E-state index contributed by atoms with van der Waals surface area (Å²) >= 11 is 0. The SMILES string of the molecule is CCCCOc1ccc(NC(=O)NCCn2ccc(-c3ccccn3)n2)cc1. The minimum absolute atomic E-state index is 0.253. The minimum atomic E-state index is -0.253. The van der Waals surface area contributed by atoms with Crippen molar-refractivity contribution in [3.05, 3.63) is 60.9 Å². The van der Waals surface area contributed by atoms with Crippen molar-refractivity contribution in [2.75, 3.05) is 18.5 Å². The molecule has 0 bridgehead atoms. The lowest BCUT2D eigenvalue weighted by Crippen LogP contribution is -2.31. The fourth-order valence-electron chi connectivity index (χ4n) is 2.57. The van der Waals surface area contributed by atoms with Gasteiger partial charge in [0.15, 0.2) is 0 Å². The molecule has 0 atom stereocenters. The number of nitrogens with zero attached hydrogens (tertiary/aromatic N) is 3. The molecular weight excluding hydrogens is 354 g/mol. The van der Waals surface area contributed by atoms with Crippen LogP contribution in [0.4, 0.5) is 10.5 Å². The fraction of sp³-hybridized carbons (Fsp3) is 0.286. The molecule has 7 heteroatoms. The molecule has 2 heterocycles. The van der Waals surface area contributed by atoms with E-state index in [1.807, 2.05) is 54.7 Å². The van der Waals surface area contributed by atoms with Crippen molar-refractivity contribution in [2.45, 2.75) is 26.3 Å². The first kappa shape index (κ1) is 19.4. The maximum atomic E-state index is 12.0. The lowest BCUT2D eigenvalue weighted by molar-refractivity contribution is 0.251. The van der Waals surface area contributed by atoms with Gasteiger partial charge in [0.05, 0.1) is 18.8 Å². The number of benzene rings is 1. The van der Waals surface area contributed by atoms with Crippen LogP contribution in [0.3, 0.4) is 0 Å². The molecule has 0 fully saturated rings. The van der Waals surface area contributed by atoms with E-state index in [9.17, 15) is 4.79 Å². The van der Waals surface area contributed by atoms with Crippen LogP contribution in [0, 0.1) is 0 Å². The molecule has 7 nitrogen and oxygen atoms in total. The smallest absolute Gasteiger partial charge is 0.319 e. The summed E-state index contributed by atoms with van der Waals surface area (Å²) in [7, 11) is 0. The van der Waals surface area contributed by atoms with Crippen LogP contribution in [0.1, 0.15) is 19.8 Å². The third-order valence-electron chi connectivity index (χ3n) is 4.07. The molecule has 0 saturated carbocycles. The van der Waals surface area contributed by atoms with Crippen molar-refractivity contribution in [1.82, 2.24) is 20.1 Å². The van der Waals surface area contributed by atoms with E-state index >= 15 is 0 Å². The van der Waals surface area contributed by atoms with Crippen molar-refractivity contribution in [3.63, 3.8) is 0 Å². The highest BCUT2D eigenvalue weighted by molar-refractivity contribution is 5.89.